The van der Waals surface area contributed by atoms with Gasteiger partial charge in [0.1, 0.15) is 12.8 Å². The van der Waals surface area contributed by atoms with Gasteiger partial charge in [-0.1, -0.05) is 0 Å². The molecule has 0 aliphatic carbocycles. The van der Waals surface area contributed by atoms with Gasteiger partial charge in [-0.15, -0.1) is 0 Å². The predicted octanol–water partition coefficient (Wildman–Crippen LogP) is 0.305. The summed E-state index contributed by atoms with van der Waals surface area (Å²) in [5.74, 6) is -0.901. The van der Waals surface area contributed by atoms with Crippen molar-refractivity contribution < 1.29 is 23.5 Å². The third-order valence-corrected chi connectivity index (χ3v) is 4.03. The van der Waals surface area contributed by atoms with E-state index in [1.807, 2.05) is 0 Å². The molecule has 0 spiro atoms. The average Bonchev–Trinajstić information content (AvgIpc) is 3.48. The zero-order chi connectivity index (χ0) is 21.3. The van der Waals surface area contributed by atoms with Gasteiger partial charge < -0.3 is 18.5 Å². The van der Waals surface area contributed by atoms with Crippen molar-refractivity contribution in [1.82, 2.24) is 34.3 Å². The molecule has 0 aliphatic rings. The molecule has 0 saturated carbocycles. The first kappa shape index (κ1) is 19.0. The molecule has 0 aromatic carbocycles. The van der Waals surface area contributed by atoms with Crippen LogP contribution in [0.1, 0.15) is 33.7 Å². The molecule has 1 N–H and O–H groups in total. The normalized spacial score (nSPS) is 11.0. The van der Waals surface area contributed by atoms with Gasteiger partial charge in [0.2, 0.25) is 11.8 Å². The maximum absolute atomic E-state index is 12.6. The van der Waals surface area contributed by atoms with E-state index >= 15 is 0 Å². The van der Waals surface area contributed by atoms with Crippen LogP contribution in [-0.2, 0) is 16.0 Å². The van der Waals surface area contributed by atoms with Crippen molar-refractivity contribution in [1.29, 1.82) is 0 Å². The summed E-state index contributed by atoms with van der Waals surface area (Å²) in [7, 11) is 1.23. The maximum Gasteiger partial charge on any atom is 0.360 e. The van der Waals surface area contributed by atoms with Crippen molar-refractivity contribution in [2.24, 2.45) is 0 Å². The number of aromatic nitrogens is 7. The van der Waals surface area contributed by atoms with Gasteiger partial charge in [0.15, 0.2) is 16.9 Å². The summed E-state index contributed by atoms with van der Waals surface area (Å²) in [5.41, 5.74) is 0.0780. The molecule has 0 unspecified atom stereocenters. The highest BCUT2D eigenvalue weighted by Gasteiger charge is 2.17. The van der Waals surface area contributed by atoms with Crippen LogP contribution < -0.4 is 5.56 Å². The Labute approximate surface area is 167 Å². The minimum Gasteiger partial charge on any atom is -0.464 e. The van der Waals surface area contributed by atoms with Crippen LogP contribution in [0.15, 0.2) is 34.2 Å². The fourth-order valence-corrected chi connectivity index (χ4v) is 2.69. The summed E-state index contributed by atoms with van der Waals surface area (Å²) in [4.78, 5) is 50.9. The topological polar surface area (TPSA) is 160 Å². The second-order valence-electron chi connectivity index (χ2n) is 5.95. The number of carbonyl (C=O) groups excluding carboxylic acids is 2. The van der Waals surface area contributed by atoms with Crippen LogP contribution >= 0.6 is 0 Å². The second-order valence-corrected chi connectivity index (χ2v) is 5.95. The lowest BCUT2D eigenvalue weighted by Crippen LogP contribution is -2.16. The molecule has 4 heterocycles. The minimum absolute atomic E-state index is 0.0160. The number of hydrogen-bond donors (Lipinski definition) is 1. The predicted molar refractivity (Wildman–Crippen MR) is 98.2 cm³/mol. The highest BCUT2D eigenvalue weighted by atomic mass is 16.5. The molecule has 4 aromatic rings. The van der Waals surface area contributed by atoms with Crippen LogP contribution in [-0.4, -0.2) is 59.9 Å². The molecule has 0 bridgehead atoms. The maximum atomic E-state index is 12.6. The Kier molecular flexibility index (Phi) is 4.83. The average molecular weight is 413 g/mol. The summed E-state index contributed by atoms with van der Waals surface area (Å²) in [6, 6.07) is 0. The molecular weight excluding hydrogens is 398 g/mol. The SMILES string of the molecule is CCOC(=O)c1cnn(-c2nc3ncn(Cc4nc(C(=O)OC)co4)c3c(=O)[nH]2)c1. The molecule has 13 heteroatoms. The lowest BCUT2D eigenvalue weighted by Gasteiger charge is -2.02. The molecule has 13 nitrogen and oxygen atoms in total. The van der Waals surface area contributed by atoms with E-state index < -0.39 is 17.5 Å². The fraction of sp³-hybridized carbons (Fsp3) is 0.235. The fourth-order valence-electron chi connectivity index (χ4n) is 2.69. The smallest absolute Gasteiger partial charge is 0.360 e. The highest BCUT2D eigenvalue weighted by molar-refractivity contribution is 5.88. The van der Waals surface area contributed by atoms with E-state index in [9.17, 15) is 14.4 Å². The van der Waals surface area contributed by atoms with Crippen LogP contribution in [0.4, 0.5) is 0 Å². The van der Waals surface area contributed by atoms with Crippen LogP contribution in [0.5, 0.6) is 0 Å². The number of imidazole rings is 1. The Morgan fingerprint density at radius 2 is 2.10 bits per heavy atom. The molecule has 0 saturated heterocycles. The number of rotatable bonds is 6. The van der Waals surface area contributed by atoms with Gasteiger partial charge in [0.25, 0.3) is 5.56 Å². The van der Waals surface area contributed by atoms with Gasteiger partial charge >= 0.3 is 11.9 Å². The Hall–Kier alpha value is -4.29. The second kappa shape index (κ2) is 7.62. The van der Waals surface area contributed by atoms with E-state index in [0.717, 1.165) is 0 Å². The minimum atomic E-state index is -0.633. The van der Waals surface area contributed by atoms with Gasteiger partial charge in [-0.05, 0) is 6.92 Å². The molecule has 0 fully saturated rings. The van der Waals surface area contributed by atoms with Crippen molar-refractivity contribution in [3.05, 3.63) is 52.5 Å². The van der Waals surface area contributed by atoms with Gasteiger partial charge in [0, 0.05) is 6.20 Å². The number of ether oxygens (including phenoxy) is 2. The van der Waals surface area contributed by atoms with Crippen LogP contribution in [0, 0.1) is 0 Å². The highest BCUT2D eigenvalue weighted by Crippen LogP contribution is 2.12. The number of H-pyrrole nitrogens is 1. The van der Waals surface area contributed by atoms with Crippen molar-refractivity contribution in [2.45, 2.75) is 13.5 Å². The van der Waals surface area contributed by atoms with E-state index in [2.05, 4.69) is 29.8 Å². The van der Waals surface area contributed by atoms with E-state index in [1.54, 1.807) is 6.92 Å². The molecule has 0 aliphatic heterocycles. The molecule has 30 heavy (non-hydrogen) atoms. The van der Waals surface area contributed by atoms with Gasteiger partial charge in [0.05, 0.1) is 31.8 Å². The Bertz CT molecular complexity index is 1300. The number of hydrogen-bond acceptors (Lipinski definition) is 10. The number of fused-ring (bicyclic) bond motifs is 1. The third kappa shape index (κ3) is 3.43. The molecule has 0 radical (unpaired) electrons. The summed E-state index contributed by atoms with van der Waals surface area (Å²) < 4.78 is 17.4. The summed E-state index contributed by atoms with van der Waals surface area (Å²) in [6.07, 6.45) is 5.26. The first-order valence-electron chi connectivity index (χ1n) is 8.70. The molecule has 0 amide bonds. The van der Waals surface area contributed by atoms with Gasteiger partial charge in [-0.3, -0.25) is 9.78 Å². The molecule has 0 atom stereocenters. The van der Waals surface area contributed by atoms with Gasteiger partial charge in [-0.2, -0.15) is 10.1 Å². The van der Waals surface area contributed by atoms with Crippen LogP contribution in [0.3, 0.4) is 0 Å². The first-order valence-corrected chi connectivity index (χ1v) is 8.70. The van der Waals surface area contributed by atoms with E-state index in [4.69, 9.17) is 9.15 Å². The largest absolute Gasteiger partial charge is 0.464 e. The molecule has 154 valence electrons. The number of carbonyl (C=O) groups is 2. The quantitative estimate of drug-likeness (QED) is 0.435. The summed E-state index contributed by atoms with van der Waals surface area (Å²) >= 11 is 0. The molecule has 4 aromatic heterocycles. The Morgan fingerprint density at radius 1 is 1.27 bits per heavy atom. The van der Waals surface area contributed by atoms with E-state index in [0.29, 0.717) is 0 Å². The Morgan fingerprint density at radius 3 is 2.87 bits per heavy atom. The number of methoxy groups -OCH3 is 1. The molecular formula is C17H15N7O6. The first-order chi connectivity index (χ1) is 14.5. The van der Waals surface area contributed by atoms with E-state index in [-0.39, 0.29) is 47.4 Å². The van der Waals surface area contributed by atoms with Crippen molar-refractivity contribution in [3.8, 4) is 5.95 Å². The van der Waals surface area contributed by atoms with Crippen LogP contribution in [0.2, 0.25) is 0 Å². The summed E-state index contributed by atoms with van der Waals surface area (Å²) in [5, 5.41) is 4.02. The van der Waals surface area contributed by atoms with Gasteiger partial charge in [-0.25, -0.2) is 24.2 Å². The molecule has 4 rings (SSSR count). The number of aromatic amines is 1. The number of oxazole rings is 1. The third-order valence-electron chi connectivity index (χ3n) is 4.03. The number of esters is 2. The zero-order valence-electron chi connectivity index (χ0n) is 15.9. The van der Waals surface area contributed by atoms with E-state index in [1.165, 1.54) is 41.3 Å². The monoisotopic (exact) mass is 413 g/mol. The zero-order valence-corrected chi connectivity index (χ0v) is 15.9. The Balaban J connectivity index is 1.64. The van der Waals surface area contributed by atoms with Crippen LogP contribution in [0.25, 0.3) is 17.1 Å². The lowest BCUT2D eigenvalue weighted by molar-refractivity contribution is 0.0525. The standard InChI is InChI=1S/C17H15N7O6/c1-3-29-15(26)9-4-19-24(5-9)17-21-13-12(14(25)22-17)23(8-18-13)6-11-20-10(7-30-11)16(27)28-2/h4-5,7-8H,3,6H2,1-2H3,(H,21,22,25). The number of nitrogens with one attached hydrogen (secondary N) is 1. The lowest BCUT2D eigenvalue weighted by atomic mass is 10.4. The van der Waals surface area contributed by atoms with Crippen molar-refractivity contribution >= 4 is 23.1 Å². The van der Waals surface area contributed by atoms with Crippen molar-refractivity contribution in [3.63, 3.8) is 0 Å². The number of nitrogens with zero attached hydrogens (tertiary/aromatic N) is 6. The van der Waals surface area contributed by atoms with Crippen molar-refractivity contribution in [2.75, 3.05) is 13.7 Å². The summed E-state index contributed by atoms with van der Waals surface area (Å²) in [6.45, 7) is 1.97.